The standard InChI is InChI=1S/C32H29N5O4/c38-28-26(37-21-35-27-30(33-20-34-31(27)37)36-32(39)24-14-8-3-9-15-24)16-25(19-40-17-22-10-4-1-5-11-22)29(28)41-18-23-12-6-2-7-13-23/h1-15,20-21,25-26,29H,16-19H2,(H,33,34,36,39)/t25-,26-,29-/m1/s1. The zero-order chi connectivity index (χ0) is 28.0. The largest absolute Gasteiger partial charge is 0.376 e. The van der Waals surface area contributed by atoms with Crippen LogP contribution in [0, 0.1) is 5.92 Å². The van der Waals surface area contributed by atoms with Crippen molar-refractivity contribution in [1.29, 1.82) is 0 Å². The molecule has 1 amide bonds. The number of ketones is 1. The van der Waals surface area contributed by atoms with Gasteiger partial charge >= 0.3 is 0 Å². The zero-order valence-corrected chi connectivity index (χ0v) is 22.3. The molecule has 2 heterocycles. The number of aromatic nitrogens is 4. The van der Waals surface area contributed by atoms with Crippen LogP contribution < -0.4 is 5.32 Å². The van der Waals surface area contributed by atoms with Crippen LogP contribution in [0.25, 0.3) is 11.2 Å². The first-order valence-electron chi connectivity index (χ1n) is 13.5. The number of anilines is 1. The SMILES string of the molecule is O=C(Nc1ncnc2c1ncn2[C@@H]1C[C@H](COCc2ccccc2)[C@@H](OCc2ccccc2)C1=O)c1ccccc1. The van der Waals surface area contributed by atoms with Crippen LogP contribution >= 0.6 is 0 Å². The van der Waals surface area contributed by atoms with Gasteiger partial charge < -0.3 is 19.4 Å². The lowest BCUT2D eigenvalue weighted by molar-refractivity contribution is -0.133. The Hall–Kier alpha value is -4.73. The summed E-state index contributed by atoms with van der Waals surface area (Å²) >= 11 is 0. The minimum Gasteiger partial charge on any atom is -0.376 e. The van der Waals surface area contributed by atoms with E-state index in [1.807, 2.05) is 66.7 Å². The highest BCUT2D eigenvalue weighted by molar-refractivity contribution is 6.06. The number of Topliss-reactive ketones (excluding diaryl/α,β-unsaturated/α-hetero) is 1. The van der Waals surface area contributed by atoms with Crippen molar-refractivity contribution in [2.24, 2.45) is 5.92 Å². The Morgan fingerprint density at radius 1 is 0.854 bits per heavy atom. The lowest BCUT2D eigenvalue weighted by Crippen LogP contribution is -2.29. The van der Waals surface area contributed by atoms with Crippen LogP contribution in [-0.2, 0) is 27.5 Å². The molecule has 9 heteroatoms. The molecule has 0 bridgehead atoms. The Bertz CT molecular complexity index is 1630. The van der Waals surface area contributed by atoms with E-state index >= 15 is 0 Å². The maximum absolute atomic E-state index is 13.8. The molecule has 206 valence electrons. The molecule has 1 saturated carbocycles. The second-order valence-electron chi connectivity index (χ2n) is 10.00. The number of ether oxygens (including phenoxy) is 2. The minimum atomic E-state index is -0.646. The van der Waals surface area contributed by atoms with Gasteiger partial charge in [0.2, 0.25) is 0 Å². The lowest BCUT2D eigenvalue weighted by atomic mass is 10.1. The fourth-order valence-electron chi connectivity index (χ4n) is 5.18. The zero-order valence-electron chi connectivity index (χ0n) is 22.3. The molecule has 1 aliphatic rings. The second-order valence-corrected chi connectivity index (χ2v) is 10.00. The fraction of sp³-hybridized carbons (Fsp3) is 0.219. The van der Waals surface area contributed by atoms with Crippen LogP contribution in [0.1, 0.15) is 33.9 Å². The average molecular weight is 548 g/mol. The highest BCUT2D eigenvalue weighted by Crippen LogP contribution is 2.37. The summed E-state index contributed by atoms with van der Waals surface area (Å²) < 4.78 is 14.0. The van der Waals surface area contributed by atoms with E-state index < -0.39 is 12.1 Å². The van der Waals surface area contributed by atoms with Crippen molar-refractivity contribution in [3.63, 3.8) is 0 Å². The van der Waals surface area contributed by atoms with Crippen molar-refractivity contribution in [2.45, 2.75) is 31.8 Å². The molecule has 0 aliphatic heterocycles. The molecule has 6 rings (SSSR count). The van der Waals surface area contributed by atoms with Crippen molar-refractivity contribution >= 4 is 28.7 Å². The van der Waals surface area contributed by atoms with E-state index in [1.165, 1.54) is 6.33 Å². The predicted molar refractivity (Wildman–Crippen MR) is 153 cm³/mol. The summed E-state index contributed by atoms with van der Waals surface area (Å²) in [6.07, 6.45) is 2.81. The van der Waals surface area contributed by atoms with Crippen LogP contribution in [0.15, 0.2) is 104 Å². The average Bonchev–Trinajstić information content (AvgIpc) is 3.58. The van der Waals surface area contributed by atoms with Crippen molar-refractivity contribution in [2.75, 3.05) is 11.9 Å². The van der Waals surface area contributed by atoms with Gasteiger partial charge in [0.25, 0.3) is 5.91 Å². The third-order valence-corrected chi connectivity index (χ3v) is 7.24. The molecule has 0 saturated heterocycles. The first kappa shape index (κ1) is 26.5. The number of rotatable bonds is 10. The Morgan fingerprint density at radius 3 is 2.22 bits per heavy atom. The summed E-state index contributed by atoms with van der Waals surface area (Å²) in [5, 5.41) is 2.82. The Balaban J connectivity index is 1.22. The number of hydrogen-bond acceptors (Lipinski definition) is 7. The molecule has 0 spiro atoms. The lowest BCUT2D eigenvalue weighted by Gasteiger charge is -2.19. The van der Waals surface area contributed by atoms with Gasteiger partial charge in [0.05, 0.1) is 32.2 Å². The Labute approximate surface area is 237 Å². The minimum absolute atomic E-state index is 0.0537. The van der Waals surface area contributed by atoms with Crippen LogP contribution in [0.4, 0.5) is 5.82 Å². The monoisotopic (exact) mass is 547 g/mol. The summed E-state index contributed by atoms with van der Waals surface area (Å²) in [6, 6.07) is 28.1. The van der Waals surface area contributed by atoms with Gasteiger partial charge in [-0.1, -0.05) is 78.9 Å². The van der Waals surface area contributed by atoms with E-state index in [1.54, 1.807) is 35.2 Å². The normalized spacial score (nSPS) is 18.5. The number of nitrogens with zero attached hydrogens (tertiary/aromatic N) is 4. The topological polar surface area (TPSA) is 108 Å². The summed E-state index contributed by atoms with van der Waals surface area (Å²) in [7, 11) is 0. The number of carbonyl (C=O) groups excluding carboxylic acids is 2. The van der Waals surface area contributed by atoms with Crippen LogP contribution in [0.2, 0.25) is 0 Å². The number of benzene rings is 3. The molecule has 3 aromatic carbocycles. The van der Waals surface area contributed by atoms with Gasteiger partial charge in [-0.15, -0.1) is 0 Å². The van der Waals surface area contributed by atoms with Crippen molar-refractivity contribution in [1.82, 2.24) is 19.5 Å². The maximum Gasteiger partial charge on any atom is 0.256 e. The summed E-state index contributed by atoms with van der Waals surface area (Å²) in [4.78, 5) is 39.7. The molecule has 1 aliphatic carbocycles. The first-order valence-corrected chi connectivity index (χ1v) is 13.5. The molecule has 3 atom stereocenters. The third kappa shape index (κ3) is 5.91. The molecule has 1 N–H and O–H groups in total. The molecular weight excluding hydrogens is 518 g/mol. The fourth-order valence-corrected chi connectivity index (χ4v) is 5.18. The maximum atomic E-state index is 13.8. The van der Waals surface area contributed by atoms with Crippen LogP contribution in [-0.4, -0.2) is 43.9 Å². The predicted octanol–water partition coefficient (Wildman–Crippen LogP) is 5.01. The molecule has 0 radical (unpaired) electrons. The smallest absolute Gasteiger partial charge is 0.256 e. The van der Waals surface area contributed by atoms with Gasteiger partial charge in [-0.2, -0.15) is 0 Å². The highest BCUT2D eigenvalue weighted by Gasteiger charge is 2.44. The van der Waals surface area contributed by atoms with E-state index in [0.717, 1.165) is 11.1 Å². The summed E-state index contributed by atoms with van der Waals surface area (Å²) in [6.45, 7) is 1.14. The first-order chi connectivity index (χ1) is 20.2. The van der Waals surface area contributed by atoms with Gasteiger partial charge in [-0.3, -0.25) is 9.59 Å². The summed E-state index contributed by atoms with van der Waals surface area (Å²) in [5.74, 6) is -0.228. The Morgan fingerprint density at radius 2 is 1.51 bits per heavy atom. The number of hydrogen-bond donors (Lipinski definition) is 1. The van der Waals surface area contributed by atoms with Gasteiger partial charge in [0.1, 0.15) is 12.4 Å². The molecular formula is C32H29N5O4. The number of carbonyl (C=O) groups is 2. The van der Waals surface area contributed by atoms with E-state index in [4.69, 9.17) is 9.47 Å². The molecule has 5 aromatic rings. The van der Waals surface area contributed by atoms with Crippen LogP contribution in [0.5, 0.6) is 0 Å². The van der Waals surface area contributed by atoms with Gasteiger partial charge in [0.15, 0.2) is 22.8 Å². The highest BCUT2D eigenvalue weighted by atomic mass is 16.5. The number of nitrogens with one attached hydrogen (secondary N) is 1. The molecule has 2 aromatic heterocycles. The van der Waals surface area contributed by atoms with E-state index in [9.17, 15) is 9.59 Å². The molecule has 9 nitrogen and oxygen atoms in total. The van der Waals surface area contributed by atoms with Gasteiger partial charge in [-0.25, -0.2) is 15.0 Å². The van der Waals surface area contributed by atoms with E-state index in [2.05, 4.69) is 20.3 Å². The van der Waals surface area contributed by atoms with Crippen molar-refractivity contribution in [3.8, 4) is 0 Å². The number of fused-ring (bicyclic) bond motifs is 1. The van der Waals surface area contributed by atoms with Gasteiger partial charge in [0, 0.05) is 11.5 Å². The molecule has 0 unspecified atom stereocenters. The quantitative estimate of drug-likeness (QED) is 0.262. The Kier molecular flexibility index (Phi) is 7.88. The van der Waals surface area contributed by atoms with E-state index in [0.29, 0.717) is 43.0 Å². The van der Waals surface area contributed by atoms with Gasteiger partial charge in [-0.05, 0) is 29.7 Å². The van der Waals surface area contributed by atoms with E-state index in [-0.39, 0.29) is 23.4 Å². The number of imidazole rings is 1. The molecule has 1 fully saturated rings. The number of amides is 1. The summed E-state index contributed by atoms with van der Waals surface area (Å²) in [5.41, 5.74) is 3.44. The molecule has 41 heavy (non-hydrogen) atoms. The van der Waals surface area contributed by atoms with Crippen LogP contribution in [0.3, 0.4) is 0 Å². The second kappa shape index (κ2) is 12.2. The van der Waals surface area contributed by atoms with Crippen molar-refractivity contribution in [3.05, 3.63) is 120 Å². The third-order valence-electron chi connectivity index (χ3n) is 7.24. The van der Waals surface area contributed by atoms with Crippen molar-refractivity contribution < 1.29 is 19.1 Å².